The summed E-state index contributed by atoms with van der Waals surface area (Å²) in [7, 11) is 0. The molecule has 6 aliphatic carbocycles. The number of anilines is 3. The zero-order valence-electron chi connectivity index (χ0n) is 25.2. The molecule has 44 heavy (non-hydrogen) atoms. The van der Waals surface area contributed by atoms with E-state index >= 15 is 0 Å². The molecule has 0 atom stereocenters. The number of carbonyl (C=O) groups excluding carboxylic acids is 1. The zero-order chi connectivity index (χ0) is 31.0. The molecule has 9 nitrogen and oxygen atoms in total. The average molecular weight is 611 g/mol. The van der Waals surface area contributed by atoms with Crippen molar-refractivity contribution in [2.75, 3.05) is 16.8 Å². The van der Waals surface area contributed by atoms with Crippen LogP contribution in [0.3, 0.4) is 0 Å². The SMILES string of the molecule is CC(C)(C)c1nc(C23CCC(CN(C(=O)C45CC(F)(C4)C5)c4cccc(Nc5ncc(OC(F)F)cn5)c4)(CC2)CC3)no1. The van der Waals surface area contributed by atoms with Gasteiger partial charge >= 0.3 is 6.61 Å². The largest absolute Gasteiger partial charge is 0.432 e. The van der Waals surface area contributed by atoms with E-state index < -0.39 is 17.7 Å². The van der Waals surface area contributed by atoms with Crippen LogP contribution in [0.1, 0.15) is 90.3 Å². The third kappa shape index (κ3) is 4.99. The van der Waals surface area contributed by atoms with Gasteiger partial charge in [0.05, 0.1) is 17.8 Å². The number of benzene rings is 1. The molecule has 0 spiro atoms. The second-order valence-electron chi connectivity index (χ2n) is 14.6. The van der Waals surface area contributed by atoms with Gasteiger partial charge in [-0.15, -0.1) is 0 Å². The van der Waals surface area contributed by atoms with E-state index in [4.69, 9.17) is 9.51 Å². The van der Waals surface area contributed by atoms with Crippen molar-refractivity contribution in [2.45, 2.75) is 102 Å². The van der Waals surface area contributed by atoms with Crippen LogP contribution in [0.25, 0.3) is 0 Å². The minimum absolute atomic E-state index is 0.0105. The Morgan fingerprint density at radius 2 is 1.73 bits per heavy atom. The molecular weight excluding hydrogens is 573 g/mol. The van der Waals surface area contributed by atoms with Crippen LogP contribution in [-0.4, -0.2) is 44.8 Å². The molecular formula is C32H37F3N6O3. The van der Waals surface area contributed by atoms with E-state index in [1.807, 2.05) is 29.2 Å². The van der Waals surface area contributed by atoms with Crippen LogP contribution in [0.4, 0.5) is 30.5 Å². The van der Waals surface area contributed by atoms with Gasteiger partial charge in [0.15, 0.2) is 11.6 Å². The van der Waals surface area contributed by atoms with Gasteiger partial charge in [0, 0.05) is 28.7 Å². The Morgan fingerprint density at radius 3 is 2.30 bits per heavy atom. The fourth-order valence-electron chi connectivity index (χ4n) is 7.80. The minimum Gasteiger partial charge on any atom is -0.432 e. The molecule has 1 aromatic carbocycles. The molecule has 6 saturated carbocycles. The monoisotopic (exact) mass is 610 g/mol. The molecule has 0 aliphatic heterocycles. The fraction of sp³-hybridized carbons (Fsp3) is 0.594. The number of carbonyl (C=O) groups is 1. The van der Waals surface area contributed by atoms with Crippen LogP contribution in [0.5, 0.6) is 5.75 Å². The van der Waals surface area contributed by atoms with Crippen molar-refractivity contribution in [2.24, 2.45) is 10.8 Å². The molecule has 0 unspecified atom stereocenters. The van der Waals surface area contributed by atoms with Gasteiger partial charge in [-0.3, -0.25) is 4.79 Å². The van der Waals surface area contributed by atoms with Crippen molar-refractivity contribution in [1.82, 2.24) is 20.1 Å². The summed E-state index contributed by atoms with van der Waals surface area (Å²) in [5.41, 5.74) is -0.822. The Balaban J connectivity index is 1.11. The number of halogens is 3. The fourth-order valence-corrected chi connectivity index (χ4v) is 7.80. The highest BCUT2D eigenvalue weighted by atomic mass is 19.3. The lowest BCUT2D eigenvalue weighted by molar-refractivity contribution is -0.211. The van der Waals surface area contributed by atoms with Crippen LogP contribution in [-0.2, 0) is 15.6 Å². The van der Waals surface area contributed by atoms with Gasteiger partial charge in [-0.1, -0.05) is 32.0 Å². The number of aromatic nitrogens is 4. The molecule has 6 fully saturated rings. The number of amides is 1. The Labute approximate surface area is 254 Å². The summed E-state index contributed by atoms with van der Waals surface area (Å²) >= 11 is 0. The van der Waals surface area contributed by atoms with Crippen LogP contribution in [0.2, 0.25) is 0 Å². The normalized spacial score (nSPS) is 30.4. The molecule has 9 rings (SSSR count). The molecule has 0 saturated heterocycles. The van der Waals surface area contributed by atoms with Crippen LogP contribution in [0.15, 0.2) is 41.2 Å². The first kappa shape index (κ1) is 29.0. The third-order valence-electron chi connectivity index (χ3n) is 10.4. The molecule has 1 amide bonds. The number of nitrogens with zero attached hydrogens (tertiary/aromatic N) is 5. The van der Waals surface area contributed by atoms with Crippen LogP contribution < -0.4 is 15.0 Å². The Morgan fingerprint density at radius 1 is 1.07 bits per heavy atom. The number of hydrogen-bond acceptors (Lipinski definition) is 8. The maximum absolute atomic E-state index is 14.6. The molecule has 3 aromatic rings. The molecule has 1 N–H and O–H groups in total. The number of fused-ring (bicyclic) bond motifs is 3. The van der Waals surface area contributed by atoms with Gasteiger partial charge in [-0.25, -0.2) is 14.4 Å². The second-order valence-corrected chi connectivity index (χ2v) is 14.6. The average Bonchev–Trinajstić information content (AvgIpc) is 3.48. The van der Waals surface area contributed by atoms with Crippen LogP contribution >= 0.6 is 0 Å². The maximum Gasteiger partial charge on any atom is 0.387 e. The van der Waals surface area contributed by atoms with E-state index in [2.05, 4.69) is 45.9 Å². The van der Waals surface area contributed by atoms with Crippen molar-refractivity contribution >= 4 is 23.2 Å². The second kappa shape index (κ2) is 9.90. The summed E-state index contributed by atoms with van der Waals surface area (Å²) in [6, 6.07) is 7.43. The van der Waals surface area contributed by atoms with Crippen LogP contribution in [0, 0.1) is 10.8 Å². The quantitative estimate of drug-likeness (QED) is 0.276. The lowest BCUT2D eigenvalue weighted by Gasteiger charge is -2.65. The zero-order valence-corrected chi connectivity index (χ0v) is 25.2. The van der Waals surface area contributed by atoms with E-state index in [9.17, 15) is 18.0 Å². The molecule has 6 aliphatic rings. The van der Waals surface area contributed by atoms with E-state index in [-0.39, 0.29) is 53.1 Å². The predicted octanol–water partition coefficient (Wildman–Crippen LogP) is 7.02. The molecule has 12 heteroatoms. The maximum atomic E-state index is 14.6. The number of nitrogens with one attached hydrogen (secondary N) is 1. The molecule has 0 radical (unpaired) electrons. The van der Waals surface area contributed by atoms with Gasteiger partial charge in [-0.2, -0.15) is 13.8 Å². The number of ether oxygens (including phenoxy) is 1. The summed E-state index contributed by atoms with van der Waals surface area (Å²) in [4.78, 5) is 29.0. The van der Waals surface area contributed by atoms with Gasteiger partial charge < -0.3 is 19.5 Å². The number of alkyl halides is 3. The van der Waals surface area contributed by atoms with Crippen molar-refractivity contribution in [3.8, 4) is 5.75 Å². The number of hydrogen-bond donors (Lipinski definition) is 1. The van der Waals surface area contributed by atoms with E-state index in [0.29, 0.717) is 18.1 Å². The lowest BCUT2D eigenvalue weighted by atomic mass is 9.41. The third-order valence-corrected chi connectivity index (χ3v) is 10.4. The van der Waals surface area contributed by atoms with Gasteiger partial charge in [0.1, 0.15) is 5.67 Å². The highest BCUT2D eigenvalue weighted by molar-refractivity contribution is 6.00. The smallest absolute Gasteiger partial charge is 0.387 e. The first-order chi connectivity index (χ1) is 20.8. The standard InChI is InChI=1S/C32H37F3N6O3/c1-28(2,3)24-39-23(40-44-24)30-10-7-29(8-11-30,9-12-30)19-41(25(42)31-16-32(35,17-31)18-31)21-6-4-5-20(13-21)38-27-36-14-22(15-37-27)43-26(33)34/h4-6,13-15,26H,7-12,16-19H2,1-3H3,(H,36,37,38). The molecule has 2 aromatic heterocycles. The van der Waals surface area contributed by atoms with Crippen molar-refractivity contribution < 1.29 is 27.2 Å². The topological polar surface area (TPSA) is 106 Å². The van der Waals surface area contributed by atoms with E-state index in [0.717, 1.165) is 50.0 Å². The summed E-state index contributed by atoms with van der Waals surface area (Å²) in [6.07, 6.45) is 8.82. The Kier molecular flexibility index (Phi) is 6.53. The van der Waals surface area contributed by atoms with E-state index in [1.54, 1.807) is 0 Å². The summed E-state index contributed by atoms with van der Waals surface area (Å²) in [5.74, 6) is 1.51. The van der Waals surface area contributed by atoms with Gasteiger partial charge in [-0.05, 0) is 81.4 Å². The molecule has 234 valence electrons. The van der Waals surface area contributed by atoms with Gasteiger partial charge in [0.25, 0.3) is 0 Å². The highest BCUT2D eigenvalue weighted by Gasteiger charge is 2.73. The highest BCUT2D eigenvalue weighted by Crippen LogP contribution is 2.70. The first-order valence-corrected chi connectivity index (χ1v) is 15.3. The van der Waals surface area contributed by atoms with Gasteiger partial charge in [0.2, 0.25) is 17.7 Å². The molecule has 4 bridgehead atoms. The Bertz CT molecular complexity index is 1530. The van der Waals surface area contributed by atoms with Crippen molar-refractivity contribution in [3.05, 3.63) is 48.4 Å². The lowest BCUT2D eigenvalue weighted by Crippen LogP contribution is -2.71. The molecule has 2 heterocycles. The number of rotatable bonds is 9. The van der Waals surface area contributed by atoms with Crippen molar-refractivity contribution in [3.63, 3.8) is 0 Å². The summed E-state index contributed by atoms with van der Waals surface area (Å²) in [5, 5.41) is 7.50. The minimum atomic E-state index is -2.96. The predicted molar refractivity (Wildman–Crippen MR) is 156 cm³/mol. The van der Waals surface area contributed by atoms with Crippen molar-refractivity contribution in [1.29, 1.82) is 0 Å². The first-order valence-electron chi connectivity index (χ1n) is 15.3. The Hall–Kier alpha value is -3.70. The summed E-state index contributed by atoms with van der Waals surface area (Å²) < 4.78 is 49.5. The summed E-state index contributed by atoms with van der Waals surface area (Å²) in [6.45, 7) is 3.79. The van der Waals surface area contributed by atoms with E-state index in [1.165, 1.54) is 12.4 Å².